The van der Waals surface area contributed by atoms with E-state index in [0.717, 1.165) is 23.8 Å². The molecule has 2 rings (SSSR count). The Labute approximate surface area is 163 Å². The Kier molecular flexibility index (Phi) is 7.17. The van der Waals surface area contributed by atoms with Gasteiger partial charge in [-0.15, -0.1) is 0 Å². The van der Waals surface area contributed by atoms with Gasteiger partial charge in [-0.25, -0.2) is 4.79 Å². The molecule has 1 aromatic heterocycles. The number of hydrogen-bond acceptors (Lipinski definition) is 6. The molecule has 0 aromatic carbocycles. The van der Waals surface area contributed by atoms with Crippen LogP contribution in [0.25, 0.3) is 0 Å². The van der Waals surface area contributed by atoms with Crippen LogP contribution in [0.4, 0.5) is 5.82 Å². The summed E-state index contributed by atoms with van der Waals surface area (Å²) in [5.74, 6) is -1.28. The number of anilines is 1. The first-order valence-electron chi connectivity index (χ1n) is 9.71. The lowest BCUT2D eigenvalue weighted by Gasteiger charge is -2.35. The SMILES string of the molecule is CC(C)Cn1c(N)c(C(=O)CN2CCCCC2CCC(=O)O)c(=O)n(C)c1=O. The van der Waals surface area contributed by atoms with Crippen LogP contribution in [0.15, 0.2) is 9.59 Å². The molecule has 0 amide bonds. The molecule has 156 valence electrons. The molecule has 1 aliphatic rings. The quantitative estimate of drug-likeness (QED) is 0.621. The van der Waals surface area contributed by atoms with Gasteiger partial charge in [0.25, 0.3) is 5.56 Å². The third kappa shape index (κ3) is 4.89. The van der Waals surface area contributed by atoms with Crippen LogP contribution in [-0.2, 0) is 18.4 Å². The third-order valence-electron chi connectivity index (χ3n) is 5.20. The molecule has 0 bridgehead atoms. The van der Waals surface area contributed by atoms with Crippen molar-refractivity contribution < 1.29 is 14.7 Å². The van der Waals surface area contributed by atoms with E-state index in [2.05, 4.69) is 0 Å². The van der Waals surface area contributed by atoms with Gasteiger partial charge >= 0.3 is 11.7 Å². The van der Waals surface area contributed by atoms with Crippen molar-refractivity contribution in [2.75, 3.05) is 18.8 Å². The molecule has 0 aliphatic carbocycles. The summed E-state index contributed by atoms with van der Waals surface area (Å²) >= 11 is 0. The zero-order valence-electron chi connectivity index (χ0n) is 16.8. The monoisotopic (exact) mass is 394 g/mol. The largest absolute Gasteiger partial charge is 0.481 e. The number of hydrogen-bond donors (Lipinski definition) is 2. The van der Waals surface area contributed by atoms with E-state index in [1.54, 1.807) is 0 Å². The minimum absolute atomic E-state index is 0.0103. The molecule has 0 spiro atoms. The summed E-state index contributed by atoms with van der Waals surface area (Å²) in [5, 5.41) is 8.94. The molecular weight excluding hydrogens is 364 g/mol. The highest BCUT2D eigenvalue weighted by atomic mass is 16.4. The van der Waals surface area contributed by atoms with E-state index in [9.17, 15) is 19.2 Å². The molecule has 1 saturated heterocycles. The van der Waals surface area contributed by atoms with Gasteiger partial charge in [0.05, 0.1) is 6.54 Å². The maximum Gasteiger partial charge on any atom is 0.332 e. The number of carbonyl (C=O) groups excluding carboxylic acids is 1. The Morgan fingerprint density at radius 1 is 1.25 bits per heavy atom. The van der Waals surface area contributed by atoms with E-state index >= 15 is 0 Å². The van der Waals surface area contributed by atoms with Gasteiger partial charge in [-0.2, -0.15) is 0 Å². The Hall–Kier alpha value is -2.42. The van der Waals surface area contributed by atoms with Crippen molar-refractivity contribution in [3.63, 3.8) is 0 Å². The normalized spacial score (nSPS) is 17.8. The first kappa shape index (κ1) is 21.9. The van der Waals surface area contributed by atoms with E-state index < -0.39 is 23.0 Å². The lowest BCUT2D eigenvalue weighted by molar-refractivity contribution is -0.137. The molecule has 28 heavy (non-hydrogen) atoms. The number of Topliss-reactive ketones (excluding diaryl/α,β-unsaturated/α-hetero) is 1. The summed E-state index contributed by atoms with van der Waals surface area (Å²) in [6.45, 7) is 4.80. The molecule has 9 heteroatoms. The van der Waals surface area contributed by atoms with Gasteiger partial charge < -0.3 is 10.8 Å². The maximum absolute atomic E-state index is 13.0. The fourth-order valence-corrected chi connectivity index (χ4v) is 3.74. The lowest BCUT2D eigenvalue weighted by atomic mass is 9.97. The molecule has 9 nitrogen and oxygen atoms in total. The topological polar surface area (TPSA) is 128 Å². The lowest BCUT2D eigenvalue weighted by Crippen LogP contribution is -2.47. The minimum Gasteiger partial charge on any atom is -0.481 e. The van der Waals surface area contributed by atoms with E-state index in [1.165, 1.54) is 11.6 Å². The zero-order chi connectivity index (χ0) is 21.0. The molecule has 3 N–H and O–H groups in total. The average molecular weight is 394 g/mol. The van der Waals surface area contributed by atoms with Crippen molar-refractivity contribution in [2.45, 2.75) is 58.5 Å². The molecular formula is C19H30N4O5. The number of nitrogens with zero attached hydrogens (tertiary/aromatic N) is 3. The number of aromatic nitrogens is 2. The summed E-state index contributed by atoms with van der Waals surface area (Å²) < 4.78 is 2.20. The van der Waals surface area contributed by atoms with Crippen LogP contribution >= 0.6 is 0 Å². The smallest absolute Gasteiger partial charge is 0.332 e. The second kappa shape index (κ2) is 9.18. The Balaban J connectivity index is 2.32. The summed E-state index contributed by atoms with van der Waals surface area (Å²) in [4.78, 5) is 50.8. The number of ketones is 1. The van der Waals surface area contributed by atoms with E-state index in [0.29, 0.717) is 19.5 Å². The van der Waals surface area contributed by atoms with E-state index in [1.807, 2.05) is 18.7 Å². The van der Waals surface area contributed by atoms with Gasteiger partial charge in [-0.1, -0.05) is 20.3 Å². The number of carboxylic acid groups (broad SMARTS) is 1. The van der Waals surface area contributed by atoms with Crippen molar-refractivity contribution in [3.8, 4) is 0 Å². The van der Waals surface area contributed by atoms with Gasteiger partial charge in [0.15, 0.2) is 5.78 Å². The second-order valence-electron chi connectivity index (χ2n) is 7.89. The molecule has 1 fully saturated rings. The van der Waals surface area contributed by atoms with Crippen LogP contribution in [0.5, 0.6) is 0 Å². The van der Waals surface area contributed by atoms with Crippen LogP contribution in [0, 0.1) is 5.92 Å². The summed E-state index contributed by atoms with van der Waals surface area (Å²) in [6.07, 6.45) is 3.22. The van der Waals surface area contributed by atoms with Gasteiger partial charge in [0.2, 0.25) is 0 Å². The highest BCUT2D eigenvalue weighted by Gasteiger charge is 2.28. The number of carbonyl (C=O) groups is 2. The Morgan fingerprint density at radius 2 is 1.93 bits per heavy atom. The first-order valence-corrected chi connectivity index (χ1v) is 9.71. The van der Waals surface area contributed by atoms with Crippen LogP contribution in [0.2, 0.25) is 0 Å². The molecule has 1 unspecified atom stereocenters. The van der Waals surface area contributed by atoms with Crippen molar-refractivity contribution in [1.29, 1.82) is 0 Å². The number of rotatable bonds is 8. The maximum atomic E-state index is 13.0. The Bertz CT molecular complexity index is 855. The van der Waals surface area contributed by atoms with E-state index in [4.69, 9.17) is 10.8 Å². The molecule has 0 radical (unpaired) electrons. The van der Waals surface area contributed by atoms with Crippen LogP contribution in [0.1, 0.15) is 56.3 Å². The van der Waals surface area contributed by atoms with Gasteiger partial charge in [-0.3, -0.25) is 28.4 Å². The van der Waals surface area contributed by atoms with Crippen LogP contribution in [-0.4, -0.2) is 50.0 Å². The van der Waals surface area contributed by atoms with E-state index in [-0.39, 0.29) is 36.3 Å². The molecule has 1 aromatic rings. The fraction of sp³-hybridized carbons (Fsp3) is 0.684. The van der Waals surface area contributed by atoms with Gasteiger partial charge in [0, 0.05) is 26.1 Å². The number of carboxylic acids is 1. The number of nitrogen functional groups attached to an aromatic ring is 1. The number of piperidine rings is 1. The predicted octanol–water partition coefficient (Wildman–Crippen LogP) is 0.687. The zero-order valence-corrected chi connectivity index (χ0v) is 16.8. The van der Waals surface area contributed by atoms with Crippen molar-refractivity contribution in [3.05, 3.63) is 26.4 Å². The van der Waals surface area contributed by atoms with Gasteiger partial charge in [-0.05, 0) is 31.7 Å². The fourth-order valence-electron chi connectivity index (χ4n) is 3.74. The third-order valence-corrected chi connectivity index (χ3v) is 5.20. The number of likely N-dealkylation sites (tertiary alicyclic amines) is 1. The van der Waals surface area contributed by atoms with Crippen LogP contribution in [0.3, 0.4) is 0 Å². The highest BCUT2D eigenvalue weighted by molar-refractivity contribution is 6.01. The summed E-state index contributed by atoms with van der Waals surface area (Å²) in [7, 11) is 1.34. The highest BCUT2D eigenvalue weighted by Crippen LogP contribution is 2.21. The molecule has 0 saturated carbocycles. The first-order chi connectivity index (χ1) is 13.1. The summed E-state index contributed by atoms with van der Waals surface area (Å²) in [6, 6.07) is -0.0135. The number of nitrogens with two attached hydrogens (primary N) is 1. The van der Waals surface area contributed by atoms with Crippen LogP contribution < -0.4 is 17.0 Å². The van der Waals surface area contributed by atoms with Crippen molar-refractivity contribution in [1.82, 2.24) is 14.0 Å². The average Bonchev–Trinajstić information content (AvgIpc) is 2.62. The predicted molar refractivity (Wildman–Crippen MR) is 106 cm³/mol. The van der Waals surface area contributed by atoms with Gasteiger partial charge in [0.1, 0.15) is 11.4 Å². The van der Waals surface area contributed by atoms with Crippen molar-refractivity contribution >= 4 is 17.6 Å². The summed E-state index contributed by atoms with van der Waals surface area (Å²) in [5.41, 5.74) is 4.69. The standard InChI is InChI=1S/C19H30N4O5/c1-12(2)10-23-17(20)16(18(27)21(3)19(23)28)14(24)11-22-9-5-4-6-13(22)7-8-15(25)26/h12-13H,4-11,20H2,1-3H3,(H,25,26). The molecule has 2 heterocycles. The Morgan fingerprint density at radius 3 is 2.54 bits per heavy atom. The molecule has 1 atom stereocenters. The van der Waals surface area contributed by atoms with Crippen molar-refractivity contribution in [2.24, 2.45) is 13.0 Å². The number of aliphatic carboxylic acids is 1. The minimum atomic E-state index is -0.865. The molecule has 1 aliphatic heterocycles. The second-order valence-corrected chi connectivity index (χ2v) is 7.89.